The van der Waals surface area contributed by atoms with E-state index in [9.17, 15) is 8.42 Å². The van der Waals surface area contributed by atoms with Gasteiger partial charge in [-0.2, -0.15) is 4.31 Å². The Morgan fingerprint density at radius 3 is 2.14 bits per heavy atom. The van der Waals surface area contributed by atoms with Crippen LogP contribution >= 0.6 is 35.6 Å². The highest BCUT2D eigenvalue weighted by Crippen LogP contribution is 2.33. The topological polar surface area (TPSA) is 63.4 Å². The standard InChI is InChI=1S/C13H18Cl2N2O2S.ClH/c1-9(16)10-5-7-17(8-6-10)20(18,19)13-11(14)3-2-4-12(13)15;/h2-4,9-10H,5-8,16H2,1H3;1H. The second-order valence-corrected chi connectivity index (χ2v) is 7.84. The fourth-order valence-electron chi connectivity index (χ4n) is 2.50. The van der Waals surface area contributed by atoms with Gasteiger partial charge in [0.05, 0.1) is 10.0 Å². The van der Waals surface area contributed by atoms with Crippen LogP contribution in [-0.4, -0.2) is 31.9 Å². The number of sulfonamides is 1. The van der Waals surface area contributed by atoms with E-state index in [2.05, 4.69) is 0 Å². The minimum atomic E-state index is -3.64. The molecule has 0 amide bonds. The van der Waals surface area contributed by atoms with Crippen LogP contribution in [0.2, 0.25) is 10.0 Å². The number of halogens is 3. The summed E-state index contributed by atoms with van der Waals surface area (Å²) in [6, 6.07) is 4.79. The van der Waals surface area contributed by atoms with Crippen molar-refractivity contribution in [1.82, 2.24) is 4.31 Å². The van der Waals surface area contributed by atoms with Gasteiger partial charge in [-0.25, -0.2) is 8.42 Å². The molecule has 1 heterocycles. The quantitative estimate of drug-likeness (QED) is 0.885. The molecule has 0 aliphatic carbocycles. The maximum absolute atomic E-state index is 12.6. The lowest BCUT2D eigenvalue weighted by Gasteiger charge is -2.33. The molecule has 4 nitrogen and oxygen atoms in total. The van der Waals surface area contributed by atoms with E-state index < -0.39 is 10.0 Å². The molecule has 1 aromatic rings. The zero-order chi connectivity index (χ0) is 14.9. The molecule has 1 aliphatic rings. The summed E-state index contributed by atoms with van der Waals surface area (Å²) in [6.07, 6.45) is 1.53. The Kier molecular flexibility index (Phi) is 6.78. The van der Waals surface area contributed by atoms with E-state index in [4.69, 9.17) is 28.9 Å². The lowest BCUT2D eigenvalue weighted by molar-refractivity contribution is 0.251. The van der Waals surface area contributed by atoms with Gasteiger partial charge in [0.15, 0.2) is 0 Å². The molecule has 8 heteroatoms. The van der Waals surface area contributed by atoms with Gasteiger partial charge in [-0.15, -0.1) is 12.4 Å². The highest BCUT2D eigenvalue weighted by atomic mass is 35.5. The number of nitrogens with two attached hydrogens (primary N) is 1. The molecule has 0 spiro atoms. The van der Waals surface area contributed by atoms with Crippen molar-refractivity contribution < 1.29 is 8.42 Å². The maximum atomic E-state index is 12.6. The van der Waals surface area contributed by atoms with Crippen molar-refractivity contribution in [2.45, 2.75) is 30.7 Å². The minimum Gasteiger partial charge on any atom is -0.328 e. The number of hydrogen-bond donors (Lipinski definition) is 1. The van der Waals surface area contributed by atoms with Crippen molar-refractivity contribution in [1.29, 1.82) is 0 Å². The fraction of sp³-hybridized carbons (Fsp3) is 0.538. The minimum absolute atomic E-state index is 0. The van der Waals surface area contributed by atoms with Crippen LogP contribution in [0.5, 0.6) is 0 Å². The molecule has 2 rings (SSSR count). The molecule has 1 unspecified atom stereocenters. The van der Waals surface area contributed by atoms with Crippen molar-refractivity contribution in [3.05, 3.63) is 28.2 Å². The molecule has 120 valence electrons. The number of nitrogens with zero attached hydrogens (tertiary/aromatic N) is 1. The van der Waals surface area contributed by atoms with Gasteiger partial charge in [-0.05, 0) is 37.8 Å². The van der Waals surface area contributed by atoms with E-state index in [1.54, 1.807) is 6.07 Å². The van der Waals surface area contributed by atoms with Gasteiger partial charge in [0, 0.05) is 19.1 Å². The molecule has 21 heavy (non-hydrogen) atoms. The molecular weight excluding hydrogens is 355 g/mol. The molecular formula is C13H19Cl3N2O2S. The zero-order valence-corrected chi connectivity index (χ0v) is 14.8. The summed E-state index contributed by atoms with van der Waals surface area (Å²) in [4.78, 5) is 0.00239. The summed E-state index contributed by atoms with van der Waals surface area (Å²) in [7, 11) is -3.64. The lowest BCUT2D eigenvalue weighted by atomic mass is 9.92. The number of benzene rings is 1. The average molecular weight is 374 g/mol. The van der Waals surface area contributed by atoms with Crippen LogP contribution in [0.25, 0.3) is 0 Å². The summed E-state index contributed by atoms with van der Waals surface area (Å²) in [6.45, 7) is 2.87. The van der Waals surface area contributed by atoms with Crippen LogP contribution in [0.4, 0.5) is 0 Å². The summed E-state index contributed by atoms with van der Waals surface area (Å²) >= 11 is 12.0. The molecule has 0 aromatic heterocycles. The van der Waals surface area contributed by atoms with Gasteiger partial charge in [-0.1, -0.05) is 29.3 Å². The Hall–Kier alpha value is -0.0400. The van der Waals surface area contributed by atoms with Crippen molar-refractivity contribution >= 4 is 45.6 Å². The Labute approximate surface area is 142 Å². The fourth-order valence-corrected chi connectivity index (χ4v) is 5.06. The summed E-state index contributed by atoms with van der Waals surface area (Å²) in [5.74, 6) is 0.364. The second-order valence-electron chi connectivity index (χ2n) is 5.15. The van der Waals surface area contributed by atoms with E-state index in [1.807, 2.05) is 6.92 Å². The van der Waals surface area contributed by atoms with Crippen molar-refractivity contribution in [2.24, 2.45) is 11.7 Å². The third-order valence-electron chi connectivity index (χ3n) is 3.76. The third-order valence-corrected chi connectivity index (χ3v) is 6.61. The van der Waals surface area contributed by atoms with Crippen molar-refractivity contribution in [2.75, 3.05) is 13.1 Å². The molecule has 1 aliphatic heterocycles. The molecule has 1 atom stereocenters. The molecule has 1 fully saturated rings. The molecule has 1 saturated heterocycles. The van der Waals surface area contributed by atoms with Gasteiger partial charge in [-0.3, -0.25) is 0 Å². The van der Waals surface area contributed by atoms with Gasteiger partial charge in [0.25, 0.3) is 0 Å². The first kappa shape index (κ1) is 19.0. The molecule has 1 aromatic carbocycles. The van der Waals surface area contributed by atoms with Gasteiger partial charge in [0.1, 0.15) is 4.90 Å². The summed E-state index contributed by atoms with van der Waals surface area (Å²) in [5, 5.41) is 0.318. The van der Waals surface area contributed by atoms with E-state index in [-0.39, 0.29) is 33.4 Å². The number of piperidine rings is 1. The van der Waals surface area contributed by atoms with Crippen molar-refractivity contribution in [3.8, 4) is 0 Å². The van der Waals surface area contributed by atoms with E-state index in [0.29, 0.717) is 19.0 Å². The Morgan fingerprint density at radius 2 is 1.71 bits per heavy atom. The Morgan fingerprint density at radius 1 is 1.24 bits per heavy atom. The number of hydrogen-bond acceptors (Lipinski definition) is 3. The van der Waals surface area contributed by atoms with Crippen LogP contribution in [0.3, 0.4) is 0 Å². The van der Waals surface area contributed by atoms with Crippen LogP contribution in [0.15, 0.2) is 23.1 Å². The van der Waals surface area contributed by atoms with Crippen LogP contribution in [-0.2, 0) is 10.0 Å². The van der Waals surface area contributed by atoms with Crippen molar-refractivity contribution in [3.63, 3.8) is 0 Å². The molecule has 0 bridgehead atoms. The Balaban J connectivity index is 0.00000220. The third kappa shape index (κ3) is 4.03. The lowest BCUT2D eigenvalue weighted by Crippen LogP contribution is -2.42. The molecule has 2 N–H and O–H groups in total. The molecule has 0 saturated carbocycles. The van der Waals surface area contributed by atoms with Gasteiger partial charge >= 0.3 is 0 Å². The van der Waals surface area contributed by atoms with Crippen LogP contribution in [0, 0.1) is 5.92 Å². The highest BCUT2D eigenvalue weighted by molar-refractivity contribution is 7.89. The van der Waals surface area contributed by atoms with E-state index >= 15 is 0 Å². The monoisotopic (exact) mass is 372 g/mol. The first-order valence-electron chi connectivity index (χ1n) is 6.53. The summed E-state index contributed by atoms with van der Waals surface area (Å²) in [5.41, 5.74) is 5.87. The normalized spacial score (nSPS) is 19.0. The average Bonchev–Trinajstić information content (AvgIpc) is 2.38. The summed E-state index contributed by atoms with van der Waals surface area (Å²) < 4.78 is 26.7. The number of rotatable bonds is 3. The second kappa shape index (κ2) is 7.49. The zero-order valence-electron chi connectivity index (χ0n) is 11.6. The first-order valence-corrected chi connectivity index (χ1v) is 8.73. The molecule has 0 radical (unpaired) electrons. The first-order chi connectivity index (χ1) is 9.34. The van der Waals surface area contributed by atoms with Crippen LogP contribution < -0.4 is 5.73 Å². The van der Waals surface area contributed by atoms with Gasteiger partial charge < -0.3 is 5.73 Å². The van der Waals surface area contributed by atoms with E-state index in [0.717, 1.165) is 12.8 Å². The maximum Gasteiger partial charge on any atom is 0.246 e. The van der Waals surface area contributed by atoms with Crippen LogP contribution in [0.1, 0.15) is 19.8 Å². The smallest absolute Gasteiger partial charge is 0.246 e. The predicted octanol–water partition coefficient (Wildman–Crippen LogP) is 3.16. The highest BCUT2D eigenvalue weighted by Gasteiger charge is 2.33. The van der Waals surface area contributed by atoms with Gasteiger partial charge in [0.2, 0.25) is 10.0 Å². The predicted molar refractivity (Wildman–Crippen MR) is 88.8 cm³/mol. The Bertz CT molecular complexity index is 565. The SMILES string of the molecule is CC(N)C1CCN(S(=O)(=O)c2c(Cl)cccc2Cl)CC1.Cl. The van der Waals surface area contributed by atoms with E-state index in [1.165, 1.54) is 16.4 Å². The largest absolute Gasteiger partial charge is 0.328 e.